The normalized spacial score (nSPS) is 19.5. The molecular weight excluding hydrogens is 304 g/mol. The molecule has 0 unspecified atom stereocenters. The molecule has 0 radical (unpaired) electrons. The predicted octanol–water partition coefficient (Wildman–Crippen LogP) is 2.91. The van der Waals surface area contributed by atoms with E-state index in [2.05, 4.69) is 34.4 Å². The molecule has 0 spiro atoms. The van der Waals surface area contributed by atoms with E-state index in [0.29, 0.717) is 18.1 Å². The smallest absolute Gasteiger partial charge is 0.251 e. The van der Waals surface area contributed by atoms with E-state index in [1.807, 2.05) is 12.1 Å². The van der Waals surface area contributed by atoms with E-state index in [1.54, 1.807) is 30.6 Å². The molecule has 0 bridgehead atoms. The van der Waals surface area contributed by atoms with Crippen LogP contribution in [0.3, 0.4) is 0 Å². The van der Waals surface area contributed by atoms with Crippen molar-refractivity contribution in [2.24, 2.45) is 0 Å². The summed E-state index contributed by atoms with van der Waals surface area (Å²) in [6.45, 7) is 4.77. The average molecular weight is 326 g/mol. The van der Waals surface area contributed by atoms with Crippen LogP contribution in [0.1, 0.15) is 37.0 Å². The van der Waals surface area contributed by atoms with E-state index in [9.17, 15) is 4.79 Å². The average Bonchev–Trinajstić information content (AvgIpc) is 2.55. The van der Waals surface area contributed by atoms with Gasteiger partial charge < -0.3 is 15.4 Å². The van der Waals surface area contributed by atoms with Crippen LogP contribution in [0.15, 0.2) is 42.7 Å². The van der Waals surface area contributed by atoms with E-state index in [0.717, 1.165) is 18.5 Å². The summed E-state index contributed by atoms with van der Waals surface area (Å²) in [4.78, 5) is 20.8. The molecule has 6 heteroatoms. The van der Waals surface area contributed by atoms with Gasteiger partial charge in [0.2, 0.25) is 5.95 Å². The van der Waals surface area contributed by atoms with Gasteiger partial charge in [-0.3, -0.25) is 4.79 Å². The van der Waals surface area contributed by atoms with Gasteiger partial charge in [0, 0.05) is 36.3 Å². The number of rotatable bonds is 4. The Morgan fingerprint density at radius 1 is 1.25 bits per heavy atom. The SMILES string of the molecule is CC1(C)C[C@@H](NC(=O)c2cccc(Nc3ncccn3)c2)CCO1. The Kier molecular flexibility index (Phi) is 4.76. The highest BCUT2D eigenvalue weighted by Crippen LogP contribution is 2.24. The van der Waals surface area contributed by atoms with Gasteiger partial charge in [-0.25, -0.2) is 9.97 Å². The van der Waals surface area contributed by atoms with Crippen LogP contribution >= 0.6 is 0 Å². The van der Waals surface area contributed by atoms with Gasteiger partial charge in [0.25, 0.3) is 5.91 Å². The first-order valence-electron chi connectivity index (χ1n) is 8.11. The Labute approximate surface area is 141 Å². The van der Waals surface area contributed by atoms with Crippen LogP contribution in [0.2, 0.25) is 0 Å². The van der Waals surface area contributed by atoms with Crippen molar-refractivity contribution in [2.75, 3.05) is 11.9 Å². The standard InChI is InChI=1S/C18H22N4O2/c1-18(2)12-15(7-10-24-18)21-16(23)13-5-3-6-14(11-13)22-17-19-8-4-9-20-17/h3-6,8-9,11,15H,7,10,12H2,1-2H3,(H,21,23)(H,19,20,22)/t15-/m0/s1. The molecule has 126 valence electrons. The summed E-state index contributed by atoms with van der Waals surface area (Å²) >= 11 is 0. The Morgan fingerprint density at radius 2 is 2.04 bits per heavy atom. The van der Waals surface area contributed by atoms with E-state index in [-0.39, 0.29) is 17.6 Å². The van der Waals surface area contributed by atoms with E-state index in [1.165, 1.54) is 0 Å². The van der Waals surface area contributed by atoms with Gasteiger partial charge in [0.05, 0.1) is 5.60 Å². The molecule has 1 aromatic heterocycles. The molecule has 2 N–H and O–H groups in total. The van der Waals surface area contributed by atoms with Gasteiger partial charge in [-0.15, -0.1) is 0 Å². The lowest BCUT2D eigenvalue weighted by atomic mass is 9.94. The summed E-state index contributed by atoms with van der Waals surface area (Å²) in [5.74, 6) is 0.427. The first-order chi connectivity index (χ1) is 11.5. The lowest BCUT2D eigenvalue weighted by Crippen LogP contribution is -2.45. The number of aromatic nitrogens is 2. The summed E-state index contributed by atoms with van der Waals surface area (Å²) in [5.41, 5.74) is 1.20. The number of ether oxygens (including phenoxy) is 1. The highest BCUT2D eigenvalue weighted by Gasteiger charge is 2.29. The van der Waals surface area contributed by atoms with Crippen LogP contribution in [0.4, 0.5) is 11.6 Å². The van der Waals surface area contributed by atoms with Crippen molar-refractivity contribution in [1.82, 2.24) is 15.3 Å². The monoisotopic (exact) mass is 326 g/mol. The number of nitrogens with one attached hydrogen (secondary N) is 2. The highest BCUT2D eigenvalue weighted by molar-refractivity contribution is 5.95. The van der Waals surface area contributed by atoms with E-state index in [4.69, 9.17) is 4.74 Å². The summed E-state index contributed by atoms with van der Waals surface area (Å²) in [6.07, 6.45) is 4.98. The van der Waals surface area contributed by atoms with Crippen LogP contribution in [0.25, 0.3) is 0 Å². The summed E-state index contributed by atoms with van der Waals surface area (Å²) in [7, 11) is 0. The van der Waals surface area contributed by atoms with Gasteiger partial charge in [0.15, 0.2) is 0 Å². The van der Waals surface area contributed by atoms with Crippen molar-refractivity contribution < 1.29 is 9.53 Å². The number of anilines is 2. The van der Waals surface area contributed by atoms with Gasteiger partial charge >= 0.3 is 0 Å². The second-order valence-electron chi connectivity index (χ2n) is 6.55. The van der Waals surface area contributed by atoms with E-state index >= 15 is 0 Å². The molecule has 1 aromatic carbocycles. The topological polar surface area (TPSA) is 76.1 Å². The molecule has 24 heavy (non-hydrogen) atoms. The molecule has 6 nitrogen and oxygen atoms in total. The lowest BCUT2D eigenvalue weighted by Gasteiger charge is -2.35. The molecule has 2 heterocycles. The Bertz CT molecular complexity index is 703. The zero-order chi connectivity index (χ0) is 17.0. The molecule has 1 atom stereocenters. The molecular formula is C18H22N4O2. The fourth-order valence-corrected chi connectivity index (χ4v) is 2.85. The van der Waals surface area contributed by atoms with Crippen molar-refractivity contribution in [3.63, 3.8) is 0 Å². The van der Waals surface area contributed by atoms with Crippen molar-refractivity contribution in [1.29, 1.82) is 0 Å². The molecule has 1 amide bonds. The fourth-order valence-electron chi connectivity index (χ4n) is 2.85. The maximum atomic E-state index is 12.5. The van der Waals surface area contributed by atoms with Crippen LogP contribution in [0.5, 0.6) is 0 Å². The number of carbonyl (C=O) groups excluding carboxylic acids is 1. The zero-order valence-corrected chi connectivity index (χ0v) is 14.0. The third kappa shape index (κ3) is 4.29. The van der Waals surface area contributed by atoms with Gasteiger partial charge in [0.1, 0.15) is 0 Å². The Balaban J connectivity index is 1.66. The minimum absolute atomic E-state index is 0.0738. The van der Waals surface area contributed by atoms with Crippen molar-refractivity contribution in [2.45, 2.75) is 38.3 Å². The molecule has 1 fully saturated rings. The molecule has 2 aromatic rings. The number of nitrogens with zero attached hydrogens (tertiary/aromatic N) is 2. The minimum atomic E-state index is -0.190. The molecule has 1 aliphatic heterocycles. The number of carbonyl (C=O) groups is 1. The second kappa shape index (κ2) is 6.97. The lowest BCUT2D eigenvalue weighted by molar-refractivity contribution is -0.0615. The highest BCUT2D eigenvalue weighted by atomic mass is 16.5. The van der Waals surface area contributed by atoms with Gasteiger partial charge in [-0.05, 0) is 51.0 Å². The number of hydrogen-bond donors (Lipinski definition) is 2. The van der Waals surface area contributed by atoms with Crippen LogP contribution in [-0.4, -0.2) is 34.1 Å². The van der Waals surface area contributed by atoms with Crippen LogP contribution in [0, 0.1) is 0 Å². The Hall–Kier alpha value is -2.47. The molecule has 1 saturated heterocycles. The van der Waals surface area contributed by atoms with Gasteiger partial charge in [-0.2, -0.15) is 0 Å². The quantitative estimate of drug-likeness (QED) is 0.903. The second-order valence-corrected chi connectivity index (χ2v) is 6.55. The predicted molar refractivity (Wildman–Crippen MR) is 92.3 cm³/mol. The fraction of sp³-hybridized carbons (Fsp3) is 0.389. The van der Waals surface area contributed by atoms with Crippen molar-refractivity contribution >= 4 is 17.5 Å². The van der Waals surface area contributed by atoms with Crippen LogP contribution in [-0.2, 0) is 4.74 Å². The maximum absolute atomic E-state index is 12.5. The number of amides is 1. The summed E-state index contributed by atoms with van der Waals surface area (Å²) in [6, 6.07) is 9.21. The summed E-state index contributed by atoms with van der Waals surface area (Å²) < 4.78 is 5.69. The molecule has 0 aliphatic carbocycles. The van der Waals surface area contributed by atoms with Crippen molar-refractivity contribution in [3.8, 4) is 0 Å². The third-order valence-corrected chi connectivity index (χ3v) is 3.98. The summed E-state index contributed by atoms with van der Waals surface area (Å²) in [5, 5.41) is 6.20. The number of hydrogen-bond acceptors (Lipinski definition) is 5. The van der Waals surface area contributed by atoms with Gasteiger partial charge in [-0.1, -0.05) is 6.07 Å². The Morgan fingerprint density at radius 3 is 2.79 bits per heavy atom. The minimum Gasteiger partial charge on any atom is -0.375 e. The molecule has 3 rings (SSSR count). The van der Waals surface area contributed by atoms with E-state index < -0.39 is 0 Å². The molecule has 1 aliphatic rings. The van der Waals surface area contributed by atoms with Crippen LogP contribution < -0.4 is 10.6 Å². The maximum Gasteiger partial charge on any atom is 0.251 e. The number of benzene rings is 1. The zero-order valence-electron chi connectivity index (χ0n) is 14.0. The molecule has 0 saturated carbocycles. The largest absolute Gasteiger partial charge is 0.375 e. The third-order valence-electron chi connectivity index (χ3n) is 3.98. The first kappa shape index (κ1) is 16.4. The van der Waals surface area contributed by atoms with Crippen molar-refractivity contribution in [3.05, 3.63) is 48.3 Å². The first-order valence-corrected chi connectivity index (χ1v) is 8.11.